The minimum Gasteiger partial charge on any atom is -0.457 e. The summed E-state index contributed by atoms with van der Waals surface area (Å²) < 4.78 is 11.4. The first-order valence-electron chi connectivity index (χ1n) is 15.9. The zero-order chi connectivity index (χ0) is 30.4. The second-order valence-electron chi connectivity index (χ2n) is 12.5. The topological polar surface area (TPSA) is 91.4 Å². The van der Waals surface area contributed by atoms with Gasteiger partial charge in [-0.3, -0.25) is 19.3 Å². The monoisotopic (exact) mass is 590 g/mol. The molecule has 1 atom stereocenters. The van der Waals surface area contributed by atoms with Gasteiger partial charge in [-0.2, -0.15) is 0 Å². The molecule has 3 aliphatic rings. The molecule has 0 aromatic heterocycles. The number of carbonyl (C=O) groups excluding carboxylic acids is 3. The Balaban J connectivity index is 1.15. The van der Waals surface area contributed by atoms with Crippen LogP contribution in [-0.4, -0.2) is 89.9 Å². The summed E-state index contributed by atoms with van der Waals surface area (Å²) in [4.78, 5) is 45.8. The predicted molar refractivity (Wildman–Crippen MR) is 165 cm³/mol. The number of unbranched alkanes of at least 4 members (excludes halogenated alkanes) is 1. The fraction of sp³-hybridized carbons (Fsp3) is 0.559. The molecule has 3 amide bonds. The lowest BCUT2D eigenvalue weighted by molar-refractivity contribution is -0.161. The van der Waals surface area contributed by atoms with Gasteiger partial charge in [0.2, 0.25) is 11.8 Å². The highest BCUT2D eigenvalue weighted by atomic mass is 16.5. The van der Waals surface area contributed by atoms with Gasteiger partial charge in [0.25, 0.3) is 5.91 Å². The summed E-state index contributed by atoms with van der Waals surface area (Å²) in [6.45, 7) is 11.6. The molecule has 5 rings (SSSR count). The van der Waals surface area contributed by atoms with Gasteiger partial charge in [-0.25, -0.2) is 0 Å². The average Bonchev–Trinajstić information content (AvgIpc) is 3.02. The predicted octanol–water partition coefficient (Wildman–Crippen LogP) is 4.46. The zero-order valence-electron chi connectivity index (χ0n) is 25.8. The second-order valence-corrected chi connectivity index (χ2v) is 12.5. The van der Waals surface area contributed by atoms with E-state index in [4.69, 9.17) is 9.47 Å². The first kappa shape index (κ1) is 31.0. The van der Waals surface area contributed by atoms with Crippen molar-refractivity contribution >= 4 is 17.7 Å². The van der Waals surface area contributed by atoms with Crippen molar-refractivity contribution in [2.24, 2.45) is 5.92 Å². The van der Waals surface area contributed by atoms with Crippen molar-refractivity contribution in [1.82, 2.24) is 20.0 Å². The van der Waals surface area contributed by atoms with Crippen molar-refractivity contribution in [2.75, 3.05) is 45.9 Å². The molecule has 1 spiro atoms. The first-order chi connectivity index (χ1) is 20.8. The smallest absolute Gasteiger partial charge is 0.254 e. The van der Waals surface area contributed by atoms with Crippen LogP contribution in [0.4, 0.5) is 0 Å². The Morgan fingerprint density at radius 2 is 1.60 bits per heavy atom. The maximum absolute atomic E-state index is 13.5. The fourth-order valence-electron chi connectivity index (χ4n) is 6.40. The Labute approximate surface area is 255 Å². The molecule has 0 radical (unpaired) electrons. The quantitative estimate of drug-likeness (QED) is 0.440. The van der Waals surface area contributed by atoms with E-state index in [9.17, 15) is 14.4 Å². The number of nitrogens with one attached hydrogen (secondary N) is 1. The van der Waals surface area contributed by atoms with E-state index in [-0.39, 0.29) is 17.7 Å². The van der Waals surface area contributed by atoms with Crippen molar-refractivity contribution in [2.45, 2.75) is 71.0 Å². The van der Waals surface area contributed by atoms with Crippen LogP contribution in [0.25, 0.3) is 0 Å². The van der Waals surface area contributed by atoms with Gasteiger partial charge in [-0.05, 0) is 73.6 Å². The van der Waals surface area contributed by atoms with Gasteiger partial charge in [0.15, 0.2) is 0 Å². The van der Waals surface area contributed by atoms with Crippen LogP contribution in [0.3, 0.4) is 0 Å². The highest BCUT2D eigenvalue weighted by Gasteiger charge is 2.53. The Morgan fingerprint density at radius 1 is 0.977 bits per heavy atom. The van der Waals surface area contributed by atoms with Gasteiger partial charge in [0.1, 0.15) is 23.1 Å². The highest BCUT2D eigenvalue weighted by Crippen LogP contribution is 2.35. The second kappa shape index (κ2) is 13.9. The molecule has 0 bridgehead atoms. The van der Waals surface area contributed by atoms with Crippen molar-refractivity contribution in [1.29, 1.82) is 0 Å². The minimum atomic E-state index is -0.740. The molecular weight excluding hydrogens is 544 g/mol. The molecule has 9 nitrogen and oxygen atoms in total. The van der Waals surface area contributed by atoms with Gasteiger partial charge in [0, 0.05) is 44.8 Å². The zero-order valence-corrected chi connectivity index (χ0v) is 25.8. The SMILES string of the molecule is CCCCN1C(=O)C(CC(C)C)NC(=O)C12CCN(Cc1ccc(Oc3ccc(C(=O)N4CCOCC4)cc3)cc1)CC2. The summed E-state index contributed by atoms with van der Waals surface area (Å²) in [6, 6.07) is 14.9. The van der Waals surface area contributed by atoms with Gasteiger partial charge < -0.3 is 24.6 Å². The largest absolute Gasteiger partial charge is 0.457 e. The number of amides is 3. The van der Waals surface area contributed by atoms with Gasteiger partial charge >= 0.3 is 0 Å². The van der Waals surface area contributed by atoms with Crippen molar-refractivity contribution in [3.63, 3.8) is 0 Å². The highest BCUT2D eigenvalue weighted by molar-refractivity contribution is 6.00. The third-order valence-electron chi connectivity index (χ3n) is 8.90. The summed E-state index contributed by atoms with van der Waals surface area (Å²) in [5, 5.41) is 3.09. The molecule has 3 heterocycles. The van der Waals surface area contributed by atoms with Crippen LogP contribution in [0.15, 0.2) is 48.5 Å². The van der Waals surface area contributed by atoms with Crippen LogP contribution < -0.4 is 10.1 Å². The van der Waals surface area contributed by atoms with Crippen LogP contribution in [0.5, 0.6) is 11.5 Å². The Morgan fingerprint density at radius 3 is 2.21 bits per heavy atom. The standard InChI is InChI=1S/C34H46N4O5/c1-4-5-16-38-32(40)30(23-25(2)3)35-33(41)34(38)14-17-36(18-15-34)24-26-6-10-28(11-7-26)43-29-12-8-27(9-13-29)31(39)37-19-21-42-22-20-37/h6-13,25,30H,4-5,14-24H2,1-3H3,(H,35,41). The van der Waals surface area contributed by atoms with Crippen LogP contribution in [0, 0.1) is 5.92 Å². The molecule has 2 aromatic carbocycles. The van der Waals surface area contributed by atoms with Crippen molar-refractivity contribution < 1.29 is 23.9 Å². The molecule has 1 unspecified atom stereocenters. The first-order valence-corrected chi connectivity index (χ1v) is 15.9. The summed E-state index contributed by atoms with van der Waals surface area (Å²) in [5.74, 6) is 1.87. The Hall–Kier alpha value is -3.43. The van der Waals surface area contributed by atoms with Gasteiger partial charge in [0.05, 0.1) is 13.2 Å². The van der Waals surface area contributed by atoms with E-state index in [1.54, 1.807) is 12.1 Å². The third-order valence-corrected chi connectivity index (χ3v) is 8.90. The van der Waals surface area contributed by atoms with E-state index in [2.05, 4.69) is 43.1 Å². The summed E-state index contributed by atoms with van der Waals surface area (Å²) in [7, 11) is 0. The van der Waals surface area contributed by atoms with Crippen LogP contribution >= 0.6 is 0 Å². The maximum atomic E-state index is 13.5. The summed E-state index contributed by atoms with van der Waals surface area (Å²) in [6.07, 6.45) is 3.86. The number of ether oxygens (including phenoxy) is 2. The molecule has 2 aromatic rings. The molecule has 3 aliphatic heterocycles. The lowest BCUT2D eigenvalue weighted by atomic mass is 9.80. The van der Waals surface area contributed by atoms with E-state index in [1.165, 1.54) is 5.56 Å². The molecule has 0 saturated carbocycles. The van der Waals surface area contributed by atoms with Gasteiger partial charge in [-0.1, -0.05) is 39.3 Å². The molecule has 3 fully saturated rings. The lowest BCUT2D eigenvalue weighted by Gasteiger charge is -2.52. The van der Waals surface area contributed by atoms with E-state index in [1.807, 2.05) is 34.1 Å². The number of benzene rings is 2. The Bertz CT molecular complexity index is 1250. The number of piperidine rings is 1. The number of nitrogens with zero attached hydrogens (tertiary/aromatic N) is 3. The normalized spacial score (nSPS) is 20.9. The van der Waals surface area contributed by atoms with Crippen molar-refractivity contribution in [3.05, 3.63) is 59.7 Å². The molecule has 0 aliphatic carbocycles. The molecule has 9 heteroatoms. The average molecular weight is 591 g/mol. The number of likely N-dealkylation sites (tertiary alicyclic amines) is 1. The van der Waals surface area contributed by atoms with Crippen molar-refractivity contribution in [3.8, 4) is 11.5 Å². The molecule has 3 saturated heterocycles. The van der Waals surface area contributed by atoms with Gasteiger partial charge in [-0.15, -0.1) is 0 Å². The summed E-state index contributed by atoms with van der Waals surface area (Å²) >= 11 is 0. The molecule has 232 valence electrons. The summed E-state index contributed by atoms with van der Waals surface area (Å²) in [5.41, 5.74) is 1.07. The number of rotatable bonds is 10. The van der Waals surface area contributed by atoms with E-state index in [0.29, 0.717) is 69.3 Å². The lowest BCUT2D eigenvalue weighted by Crippen LogP contribution is -2.73. The number of carbonyl (C=O) groups is 3. The van der Waals surface area contributed by atoms with E-state index < -0.39 is 11.6 Å². The molecule has 43 heavy (non-hydrogen) atoms. The van der Waals surface area contributed by atoms with Crippen LogP contribution in [-0.2, 0) is 20.9 Å². The van der Waals surface area contributed by atoms with Crippen LogP contribution in [0.1, 0.15) is 68.8 Å². The third kappa shape index (κ3) is 7.21. The number of hydrogen-bond donors (Lipinski definition) is 1. The molecular formula is C34H46N4O5. The number of morpholine rings is 1. The maximum Gasteiger partial charge on any atom is 0.254 e. The number of piperazine rings is 1. The fourth-order valence-corrected chi connectivity index (χ4v) is 6.40. The van der Waals surface area contributed by atoms with E-state index >= 15 is 0 Å². The molecule has 1 N–H and O–H groups in total. The Kier molecular flexibility index (Phi) is 10.0. The number of hydrogen-bond acceptors (Lipinski definition) is 6. The van der Waals surface area contributed by atoms with E-state index in [0.717, 1.165) is 38.2 Å². The minimum absolute atomic E-state index is 0.0162. The van der Waals surface area contributed by atoms with Crippen LogP contribution in [0.2, 0.25) is 0 Å².